The molecule has 0 spiro atoms. The zero-order valence-corrected chi connectivity index (χ0v) is 24.2. The molecule has 0 saturated carbocycles. The average molecular weight is 621 g/mol. The number of benzene rings is 3. The SMILES string of the molecule is CCC(Sc1cccc(NC(=O)/C(=C/c2cccs2)NC(=O)c2ccccc2)c1)C(=O)Nc1ccc(Br)cc1. The van der Waals surface area contributed by atoms with Crippen molar-refractivity contribution in [3.63, 3.8) is 0 Å². The van der Waals surface area contributed by atoms with Crippen LogP contribution in [0.3, 0.4) is 0 Å². The summed E-state index contributed by atoms with van der Waals surface area (Å²) in [6.07, 6.45) is 2.28. The molecule has 39 heavy (non-hydrogen) atoms. The Morgan fingerprint density at radius 3 is 2.36 bits per heavy atom. The van der Waals surface area contributed by atoms with Crippen LogP contribution in [-0.4, -0.2) is 23.0 Å². The van der Waals surface area contributed by atoms with E-state index in [-0.39, 0.29) is 22.8 Å². The highest BCUT2D eigenvalue weighted by Gasteiger charge is 2.19. The minimum absolute atomic E-state index is 0.0935. The zero-order valence-electron chi connectivity index (χ0n) is 21.0. The molecule has 3 amide bonds. The number of carbonyl (C=O) groups excluding carboxylic acids is 3. The lowest BCUT2D eigenvalue weighted by atomic mass is 10.2. The van der Waals surface area contributed by atoms with E-state index in [0.717, 1.165) is 19.9 Å². The topological polar surface area (TPSA) is 87.3 Å². The van der Waals surface area contributed by atoms with Gasteiger partial charge in [-0.1, -0.05) is 53.2 Å². The largest absolute Gasteiger partial charge is 0.325 e. The highest BCUT2D eigenvalue weighted by molar-refractivity contribution is 9.10. The number of rotatable bonds is 10. The molecule has 4 aromatic rings. The van der Waals surface area contributed by atoms with E-state index in [1.54, 1.807) is 36.4 Å². The number of amides is 3. The Kier molecular flexibility index (Phi) is 10.1. The minimum Gasteiger partial charge on any atom is -0.325 e. The van der Waals surface area contributed by atoms with Gasteiger partial charge >= 0.3 is 0 Å². The maximum Gasteiger partial charge on any atom is 0.272 e. The van der Waals surface area contributed by atoms with Gasteiger partial charge in [0.05, 0.1) is 5.25 Å². The van der Waals surface area contributed by atoms with Crippen molar-refractivity contribution in [3.8, 4) is 0 Å². The predicted octanol–water partition coefficient (Wildman–Crippen LogP) is 7.43. The van der Waals surface area contributed by atoms with Crippen LogP contribution in [0.5, 0.6) is 0 Å². The molecule has 0 aliphatic heterocycles. The lowest BCUT2D eigenvalue weighted by Gasteiger charge is -2.16. The summed E-state index contributed by atoms with van der Waals surface area (Å²) in [6.45, 7) is 1.96. The second kappa shape index (κ2) is 13.9. The van der Waals surface area contributed by atoms with Crippen molar-refractivity contribution in [2.24, 2.45) is 0 Å². The van der Waals surface area contributed by atoms with Crippen molar-refractivity contribution in [1.82, 2.24) is 5.32 Å². The van der Waals surface area contributed by atoms with Crippen molar-refractivity contribution in [3.05, 3.63) is 117 Å². The van der Waals surface area contributed by atoms with E-state index in [4.69, 9.17) is 0 Å². The Morgan fingerprint density at radius 1 is 0.897 bits per heavy atom. The first kappa shape index (κ1) is 28.4. The van der Waals surface area contributed by atoms with Gasteiger partial charge < -0.3 is 16.0 Å². The number of thioether (sulfide) groups is 1. The molecular weight excluding hydrogens is 594 g/mol. The van der Waals surface area contributed by atoms with Crippen LogP contribution in [0.4, 0.5) is 11.4 Å². The highest BCUT2D eigenvalue weighted by Crippen LogP contribution is 2.29. The van der Waals surface area contributed by atoms with Crippen molar-refractivity contribution in [1.29, 1.82) is 0 Å². The summed E-state index contributed by atoms with van der Waals surface area (Å²) in [5, 5.41) is 10.2. The molecule has 0 aliphatic carbocycles. The lowest BCUT2D eigenvalue weighted by Crippen LogP contribution is -2.30. The van der Waals surface area contributed by atoms with Gasteiger partial charge in [0.2, 0.25) is 5.91 Å². The highest BCUT2D eigenvalue weighted by atomic mass is 79.9. The number of halogens is 1. The van der Waals surface area contributed by atoms with Gasteiger partial charge in [-0.05, 0) is 78.5 Å². The van der Waals surface area contributed by atoms with Gasteiger partial charge in [-0.2, -0.15) is 0 Å². The van der Waals surface area contributed by atoms with Crippen molar-refractivity contribution >= 4 is 74.2 Å². The Labute approximate surface area is 244 Å². The third-order valence-electron chi connectivity index (χ3n) is 5.50. The summed E-state index contributed by atoms with van der Waals surface area (Å²) in [4.78, 5) is 40.6. The maximum absolute atomic E-state index is 13.3. The Morgan fingerprint density at radius 2 is 1.67 bits per heavy atom. The van der Waals surface area contributed by atoms with E-state index in [1.807, 2.05) is 73.0 Å². The summed E-state index contributed by atoms with van der Waals surface area (Å²) < 4.78 is 0.939. The molecule has 1 atom stereocenters. The first-order valence-corrected chi connectivity index (χ1v) is 14.7. The van der Waals surface area contributed by atoms with Crippen LogP contribution in [0.2, 0.25) is 0 Å². The number of hydrogen-bond donors (Lipinski definition) is 3. The van der Waals surface area contributed by atoms with Crippen LogP contribution in [0.1, 0.15) is 28.6 Å². The van der Waals surface area contributed by atoms with Crippen LogP contribution >= 0.6 is 39.0 Å². The smallest absolute Gasteiger partial charge is 0.272 e. The number of hydrogen-bond acceptors (Lipinski definition) is 5. The normalized spacial score (nSPS) is 11.9. The van der Waals surface area contributed by atoms with Gasteiger partial charge in [-0.15, -0.1) is 23.1 Å². The zero-order chi connectivity index (χ0) is 27.6. The third-order valence-corrected chi connectivity index (χ3v) is 8.21. The molecule has 1 aromatic heterocycles. The number of nitrogens with one attached hydrogen (secondary N) is 3. The quantitative estimate of drug-likeness (QED) is 0.127. The molecule has 1 heterocycles. The third kappa shape index (κ3) is 8.41. The molecule has 0 fully saturated rings. The summed E-state index contributed by atoms with van der Waals surface area (Å²) in [7, 11) is 0. The average Bonchev–Trinajstić information content (AvgIpc) is 3.46. The standard InChI is InChI=1S/C30H26BrN3O3S2/c1-2-27(30(37)32-22-15-13-21(31)14-16-22)39-25-11-6-10-23(18-25)33-29(36)26(19-24-12-7-17-38-24)34-28(35)20-8-4-3-5-9-20/h3-19,27H,2H2,1H3,(H,32,37)(H,33,36)(H,34,35)/b26-19-. The molecule has 9 heteroatoms. The summed E-state index contributed by atoms with van der Waals surface area (Å²) in [5.74, 6) is -0.917. The van der Waals surface area contributed by atoms with E-state index in [0.29, 0.717) is 17.7 Å². The van der Waals surface area contributed by atoms with E-state index >= 15 is 0 Å². The van der Waals surface area contributed by atoms with Crippen LogP contribution in [-0.2, 0) is 9.59 Å². The minimum atomic E-state index is -0.449. The second-order valence-corrected chi connectivity index (χ2v) is 11.6. The lowest BCUT2D eigenvalue weighted by molar-refractivity contribution is -0.116. The van der Waals surface area contributed by atoms with Gasteiger partial charge in [0, 0.05) is 31.2 Å². The summed E-state index contributed by atoms with van der Waals surface area (Å²) >= 11 is 6.28. The second-order valence-electron chi connectivity index (χ2n) is 8.39. The summed E-state index contributed by atoms with van der Waals surface area (Å²) in [6, 6.07) is 27.2. The van der Waals surface area contributed by atoms with Gasteiger partial charge in [0.1, 0.15) is 5.70 Å². The monoisotopic (exact) mass is 619 g/mol. The Hall–Kier alpha value is -3.66. The molecule has 4 rings (SSSR count). The van der Waals surface area contributed by atoms with Crippen LogP contribution in [0.25, 0.3) is 6.08 Å². The Bertz CT molecular complexity index is 1460. The molecule has 0 saturated heterocycles. The van der Waals surface area contributed by atoms with E-state index in [2.05, 4.69) is 31.9 Å². The van der Waals surface area contributed by atoms with Crippen molar-refractivity contribution < 1.29 is 14.4 Å². The number of anilines is 2. The molecule has 1 unspecified atom stereocenters. The number of thiophene rings is 1. The molecule has 3 N–H and O–H groups in total. The van der Waals surface area contributed by atoms with Crippen LogP contribution in [0.15, 0.2) is 111 Å². The molecule has 6 nitrogen and oxygen atoms in total. The van der Waals surface area contributed by atoms with Crippen molar-refractivity contribution in [2.45, 2.75) is 23.5 Å². The molecule has 3 aromatic carbocycles. The molecule has 0 bridgehead atoms. The van der Waals surface area contributed by atoms with E-state index in [1.165, 1.54) is 23.1 Å². The fourth-order valence-electron chi connectivity index (χ4n) is 3.55. The first-order chi connectivity index (χ1) is 18.9. The fraction of sp³-hybridized carbons (Fsp3) is 0.100. The van der Waals surface area contributed by atoms with Gasteiger partial charge in [-0.25, -0.2) is 0 Å². The molecule has 0 radical (unpaired) electrons. The van der Waals surface area contributed by atoms with Gasteiger partial charge in [-0.3, -0.25) is 14.4 Å². The Balaban J connectivity index is 1.46. The van der Waals surface area contributed by atoms with Crippen LogP contribution in [0, 0.1) is 0 Å². The summed E-state index contributed by atoms with van der Waals surface area (Å²) in [5.41, 5.74) is 1.86. The first-order valence-electron chi connectivity index (χ1n) is 12.2. The van der Waals surface area contributed by atoms with Crippen LogP contribution < -0.4 is 16.0 Å². The van der Waals surface area contributed by atoms with E-state index in [9.17, 15) is 14.4 Å². The van der Waals surface area contributed by atoms with Gasteiger partial charge in [0.15, 0.2) is 0 Å². The predicted molar refractivity (Wildman–Crippen MR) is 164 cm³/mol. The molecule has 0 aliphatic rings. The van der Waals surface area contributed by atoms with Gasteiger partial charge in [0.25, 0.3) is 11.8 Å². The van der Waals surface area contributed by atoms with Crippen molar-refractivity contribution in [2.75, 3.05) is 10.6 Å². The fourth-order valence-corrected chi connectivity index (χ4v) is 5.48. The van der Waals surface area contributed by atoms with E-state index < -0.39 is 5.91 Å². The molecule has 198 valence electrons. The number of carbonyl (C=O) groups is 3. The molecular formula is C30H26BrN3O3S2. The maximum atomic E-state index is 13.3.